The number of anilines is 2. The summed E-state index contributed by atoms with van der Waals surface area (Å²) >= 11 is 0.761. The zero-order valence-electron chi connectivity index (χ0n) is 11.1. The van der Waals surface area contributed by atoms with Crippen LogP contribution in [-0.4, -0.2) is 36.7 Å². The van der Waals surface area contributed by atoms with Crippen molar-refractivity contribution in [3.63, 3.8) is 0 Å². The van der Waals surface area contributed by atoms with E-state index in [1.807, 2.05) is 0 Å². The molecular formula is C11H12N4O4S2. The molecule has 10 heteroatoms. The summed E-state index contributed by atoms with van der Waals surface area (Å²) < 4.78 is 25.5. The van der Waals surface area contributed by atoms with Crippen molar-refractivity contribution in [1.29, 1.82) is 0 Å². The Hall–Kier alpha value is -2.20. The zero-order valence-corrected chi connectivity index (χ0v) is 12.8. The Morgan fingerprint density at radius 2 is 1.90 bits per heavy atom. The second-order valence-electron chi connectivity index (χ2n) is 4.04. The number of benzene rings is 1. The molecule has 21 heavy (non-hydrogen) atoms. The number of sulfonamides is 1. The average Bonchev–Trinajstić information content (AvgIpc) is 2.87. The standard InChI is InChI=1S/C11H12N4O4S2/c1-7(16)12-10-13-14-11(20-10)21(18,19)15(2)8-3-5-9(17)6-4-8/h3-6,17H,1-2H3,(H,12,13,16). The highest BCUT2D eigenvalue weighted by molar-refractivity contribution is 7.94. The maximum atomic E-state index is 12.4. The van der Waals surface area contributed by atoms with Crippen LogP contribution in [0.2, 0.25) is 0 Å². The third-order valence-electron chi connectivity index (χ3n) is 2.48. The average molecular weight is 328 g/mol. The first-order chi connectivity index (χ1) is 9.80. The molecule has 1 aromatic carbocycles. The Morgan fingerprint density at radius 3 is 2.48 bits per heavy atom. The fraction of sp³-hybridized carbons (Fsp3) is 0.182. The maximum absolute atomic E-state index is 12.4. The van der Waals surface area contributed by atoms with Crippen LogP contribution < -0.4 is 9.62 Å². The third kappa shape index (κ3) is 3.28. The molecule has 0 aliphatic rings. The predicted octanol–water partition coefficient (Wildman–Crippen LogP) is 1.03. The quantitative estimate of drug-likeness (QED) is 0.811. The minimum absolute atomic E-state index is 0.0356. The van der Waals surface area contributed by atoms with Gasteiger partial charge in [0.05, 0.1) is 5.69 Å². The second kappa shape index (κ2) is 5.66. The molecule has 1 aromatic heterocycles. The monoisotopic (exact) mass is 328 g/mol. The van der Waals surface area contributed by atoms with Gasteiger partial charge in [-0.3, -0.25) is 9.10 Å². The van der Waals surface area contributed by atoms with Crippen LogP contribution in [0, 0.1) is 0 Å². The molecule has 1 heterocycles. The Labute approximate surface area is 125 Å². The highest BCUT2D eigenvalue weighted by Crippen LogP contribution is 2.27. The topological polar surface area (TPSA) is 112 Å². The van der Waals surface area contributed by atoms with Crippen LogP contribution in [0.3, 0.4) is 0 Å². The molecular weight excluding hydrogens is 316 g/mol. The number of hydrogen-bond donors (Lipinski definition) is 2. The first-order valence-corrected chi connectivity index (χ1v) is 7.95. The number of aromatic hydroxyl groups is 1. The lowest BCUT2D eigenvalue weighted by molar-refractivity contribution is -0.114. The van der Waals surface area contributed by atoms with E-state index in [9.17, 15) is 18.3 Å². The van der Waals surface area contributed by atoms with E-state index in [1.54, 1.807) is 0 Å². The van der Waals surface area contributed by atoms with Gasteiger partial charge in [-0.1, -0.05) is 11.3 Å². The van der Waals surface area contributed by atoms with Gasteiger partial charge in [0.1, 0.15) is 5.75 Å². The van der Waals surface area contributed by atoms with Crippen molar-refractivity contribution in [3.8, 4) is 5.75 Å². The van der Waals surface area contributed by atoms with Gasteiger partial charge in [0, 0.05) is 14.0 Å². The van der Waals surface area contributed by atoms with Crippen molar-refractivity contribution in [1.82, 2.24) is 10.2 Å². The van der Waals surface area contributed by atoms with Crippen molar-refractivity contribution >= 4 is 38.1 Å². The first-order valence-electron chi connectivity index (χ1n) is 5.70. The Morgan fingerprint density at radius 1 is 1.29 bits per heavy atom. The number of phenols is 1. The molecule has 2 rings (SSSR count). The molecule has 0 aliphatic heterocycles. The molecule has 2 aromatic rings. The van der Waals surface area contributed by atoms with E-state index in [1.165, 1.54) is 38.2 Å². The molecule has 0 atom stereocenters. The van der Waals surface area contributed by atoms with Crippen LogP contribution in [-0.2, 0) is 14.8 Å². The Bertz CT molecular complexity index is 755. The number of rotatable bonds is 4. The van der Waals surface area contributed by atoms with Crippen LogP contribution in [0.15, 0.2) is 28.6 Å². The van der Waals surface area contributed by atoms with Crippen molar-refractivity contribution in [2.24, 2.45) is 0 Å². The van der Waals surface area contributed by atoms with Gasteiger partial charge in [0.2, 0.25) is 11.0 Å². The van der Waals surface area contributed by atoms with E-state index in [0.717, 1.165) is 15.6 Å². The van der Waals surface area contributed by atoms with E-state index in [4.69, 9.17) is 0 Å². The van der Waals surface area contributed by atoms with Gasteiger partial charge < -0.3 is 10.4 Å². The summed E-state index contributed by atoms with van der Waals surface area (Å²) in [5.41, 5.74) is 0.365. The molecule has 1 amide bonds. The maximum Gasteiger partial charge on any atom is 0.293 e. The highest BCUT2D eigenvalue weighted by atomic mass is 32.2. The van der Waals surface area contributed by atoms with E-state index in [2.05, 4.69) is 15.5 Å². The SMILES string of the molecule is CC(=O)Nc1nnc(S(=O)(=O)N(C)c2ccc(O)cc2)s1. The van der Waals surface area contributed by atoms with Gasteiger partial charge >= 0.3 is 0 Å². The molecule has 0 saturated carbocycles. The fourth-order valence-electron chi connectivity index (χ4n) is 1.43. The number of phenolic OH excluding ortho intramolecular Hbond substituents is 1. The van der Waals surface area contributed by atoms with E-state index >= 15 is 0 Å². The molecule has 8 nitrogen and oxygen atoms in total. The first kappa shape index (κ1) is 15.2. The van der Waals surface area contributed by atoms with E-state index in [-0.39, 0.29) is 21.1 Å². The Kier molecular flexibility index (Phi) is 4.09. The third-order valence-corrected chi connectivity index (χ3v) is 5.45. The summed E-state index contributed by atoms with van der Waals surface area (Å²) in [7, 11) is -2.51. The van der Waals surface area contributed by atoms with Crippen molar-refractivity contribution < 1.29 is 18.3 Å². The number of hydrogen-bond acceptors (Lipinski definition) is 7. The number of nitrogens with zero attached hydrogens (tertiary/aromatic N) is 3. The lowest BCUT2D eigenvalue weighted by atomic mass is 10.3. The number of carbonyl (C=O) groups excluding carboxylic acids is 1. The highest BCUT2D eigenvalue weighted by Gasteiger charge is 2.26. The summed E-state index contributed by atoms with van der Waals surface area (Å²) in [6.07, 6.45) is 0. The number of amides is 1. The molecule has 0 saturated heterocycles. The molecule has 0 aliphatic carbocycles. The van der Waals surface area contributed by atoms with Crippen LogP contribution >= 0.6 is 11.3 Å². The van der Waals surface area contributed by atoms with Crippen molar-refractivity contribution in [3.05, 3.63) is 24.3 Å². The molecule has 0 fully saturated rings. The summed E-state index contributed by atoms with van der Waals surface area (Å²) in [4.78, 5) is 10.9. The summed E-state index contributed by atoms with van der Waals surface area (Å²) in [6, 6.07) is 5.68. The number of carbonyl (C=O) groups is 1. The van der Waals surface area contributed by atoms with Crippen LogP contribution in [0.1, 0.15) is 6.92 Å². The normalized spacial score (nSPS) is 11.1. The minimum atomic E-state index is -3.87. The smallest absolute Gasteiger partial charge is 0.293 e. The van der Waals surface area contributed by atoms with Gasteiger partial charge in [-0.15, -0.1) is 10.2 Å². The minimum Gasteiger partial charge on any atom is -0.508 e. The lowest BCUT2D eigenvalue weighted by Gasteiger charge is -2.17. The summed E-state index contributed by atoms with van der Waals surface area (Å²) in [5, 5.41) is 18.9. The van der Waals surface area contributed by atoms with Gasteiger partial charge in [-0.05, 0) is 24.3 Å². The largest absolute Gasteiger partial charge is 0.508 e. The molecule has 112 valence electrons. The van der Waals surface area contributed by atoms with Gasteiger partial charge in [0.25, 0.3) is 14.4 Å². The van der Waals surface area contributed by atoms with Gasteiger partial charge in [0.15, 0.2) is 0 Å². The van der Waals surface area contributed by atoms with Crippen LogP contribution in [0.4, 0.5) is 10.8 Å². The number of aromatic nitrogens is 2. The lowest BCUT2D eigenvalue weighted by Crippen LogP contribution is -2.26. The predicted molar refractivity (Wildman–Crippen MR) is 77.9 cm³/mol. The molecule has 0 spiro atoms. The zero-order chi connectivity index (χ0) is 15.6. The van der Waals surface area contributed by atoms with Crippen LogP contribution in [0.25, 0.3) is 0 Å². The number of nitrogens with one attached hydrogen (secondary N) is 1. The van der Waals surface area contributed by atoms with Crippen molar-refractivity contribution in [2.75, 3.05) is 16.7 Å². The van der Waals surface area contributed by atoms with E-state index < -0.39 is 10.0 Å². The van der Waals surface area contributed by atoms with Crippen molar-refractivity contribution in [2.45, 2.75) is 11.3 Å². The fourth-order valence-corrected chi connectivity index (χ4v) is 3.73. The molecule has 2 N–H and O–H groups in total. The second-order valence-corrected chi connectivity index (χ2v) is 7.16. The van der Waals surface area contributed by atoms with Gasteiger partial charge in [-0.2, -0.15) is 8.42 Å². The molecule has 0 bridgehead atoms. The van der Waals surface area contributed by atoms with E-state index in [0.29, 0.717) is 5.69 Å². The van der Waals surface area contributed by atoms with Crippen LogP contribution in [0.5, 0.6) is 5.75 Å². The summed E-state index contributed by atoms with van der Waals surface area (Å²) in [5.74, 6) is -0.324. The molecule has 0 radical (unpaired) electrons. The Balaban J connectivity index is 2.30. The molecule has 0 unspecified atom stereocenters. The van der Waals surface area contributed by atoms with Gasteiger partial charge in [-0.25, -0.2) is 0 Å². The summed E-state index contributed by atoms with van der Waals surface area (Å²) in [6.45, 7) is 1.29.